The van der Waals surface area contributed by atoms with Crippen molar-refractivity contribution in [3.8, 4) is 0 Å². The summed E-state index contributed by atoms with van der Waals surface area (Å²) in [5.74, 6) is 0.473. The predicted octanol–water partition coefficient (Wildman–Crippen LogP) is 0.575. The number of aliphatic hydroxyl groups excluding tert-OH is 4. The lowest BCUT2D eigenvalue weighted by Gasteiger charge is -2.39. The highest BCUT2D eigenvalue weighted by Gasteiger charge is 2.43. The van der Waals surface area contributed by atoms with Gasteiger partial charge in [-0.05, 0) is 39.0 Å². The van der Waals surface area contributed by atoms with E-state index in [2.05, 4.69) is 26.8 Å². The molecule has 0 bridgehead atoms. The molecule has 1 aliphatic rings. The van der Waals surface area contributed by atoms with Crippen LogP contribution in [-0.2, 0) is 9.47 Å². The van der Waals surface area contributed by atoms with Gasteiger partial charge in [0, 0.05) is 0 Å². The first kappa shape index (κ1) is 19.5. The summed E-state index contributed by atoms with van der Waals surface area (Å²) in [6, 6.07) is 0. The Morgan fingerprint density at radius 1 is 1.14 bits per heavy atom. The average Bonchev–Trinajstić information content (AvgIpc) is 2.47. The van der Waals surface area contributed by atoms with Crippen LogP contribution >= 0.6 is 0 Å². The molecule has 1 heterocycles. The zero-order valence-corrected chi connectivity index (χ0v) is 13.7. The molecule has 0 unspecified atom stereocenters. The standard InChI is InChI=1S/C16H30O6/c1-10(2)5-4-6-11(3)7-8-21-16-15(20)14(19)13(18)12(9-17)22-16/h5,11-20H,4,6-9H2,1-3H3/t11-,12-,13-,14+,15-,16-/m1/s1. The van der Waals surface area contributed by atoms with Crippen LogP contribution in [0.2, 0.25) is 0 Å². The Morgan fingerprint density at radius 2 is 1.82 bits per heavy atom. The van der Waals surface area contributed by atoms with Crippen LogP contribution in [0.5, 0.6) is 0 Å². The first-order valence-electron chi connectivity index (χ1n) is 7.92. The van der Waals surface area contributed by atoms with E-state index in [9.17, 15) is 15.3 Å². The van der Waals surface area contributed by atoms with Gasteiger partial charge < -0.3 is 29.9 Å². The normalized spacial score (nSPS) is 33.5. The smallest absolute Gasteiger partial charge is 0.186 e. The van der Waals surface area contributed by atoms with Crippen LogP contribution in [0.15, 0.2) is 11.6 Å². The Balaban J connectivity index is 2.32. The second-order valence-electron chi connectivity index (χ2n) is 6.32. The molecule has 0 spiro atoms. The van der Waals surface area contributed by atoms with Crippen LogP contribution in [0.1, 0.15) is 40.0 Å². The summed E-state index contributed by atoms with van der Waals surface area (Å²) in [5, 5.41) is 38.3. The van der Waals surface area contributed by atoms with Gasteiger partial charge in [0.25, 0.3) is 0 Å². The average molecular weight is 318 g/mol. The number of allylic oxidation sites excluding steroid dienone is 2. The second kappa shape index (κ2) is 9.60. The highest BCUT2D eigenvalue weighted by molar-refractivity contribution is 4.92. The van der Waals surface area contributed by atoms with Crippen molar-refractivity contribution in [1.29, 1.82) is 0 Å². The molecule has 6 atom stereocenters. The molecule has 4 N–H and O–H groups in total. The lowest BCUT2D eigenvalue weighted by molar-refractivity contribution is -0.301. The van der Waals surface area contributed by atoms with Crippen molar-refractivity contribution >= 4 is 0 Å². The highest BCUT2D eigenvalue weighted by Crippen LogP contribution is 2.22. The largest absolute Gasteiger partial charge is 0.394 e. The van der Waals surface area contributed by atoms with E-state index in [1.807, 2.05) is 0 Å². The van der Waals surface area contributed by atoms with E-state index in [0.29, 0.717) is 12.5 Å². The maximum atomic E-state index is 9.84. The first-order valence-corrected chi connectivity index (χ1v) is 7.92. The molecule has 1 fully saturated rings. The summed E-state index contributed by atoms with van der Waals surface area (Å²) in [7, 11) is 0. The molecule has 6 nitrogen and oxygen atoms in total. The zero-order chi connectivity index (χ0) is 16.7. The molecule has 0 radical (unpaired) electrons. The van der Waals surface area contributed by atoms with E-state index in [-0.39, 0.29) is 0 Å². The minimum absolute atomic E-state index is 0.388. The molecule has 0 aromatic heterocycles. The molecular formula is C16H30O6. The van der Waals surface area contributed by atoms with Crippen LogP contribution in [0.3, 0.4) is 0 Å². The van der Waals surface area contributed by atoms with Gasteiger partial charge in [0.2, 0.25) is 0 Å². The van der Waals surface area contributed by atoms with Gasteiger partial charge >= 0.3 is 0 Å². The number of hydrogen-bond donors (Lipinski definition) is 4. The Labute approximate surface area is 132 Å². The minimum Gasteiger partial charge on any atom is -0.394 e. The fourth-order valence-electron chi connectivity index (χ4n) is 2.39. The van der Waals surface area contributed by atoms with E-state index >= 15 is 0 Å². The molecule has 130 valence electrons. The first-order chi connectivity index (χ1) is 10.4. The van der Waals surface area contributed by atoms with Gasteiger partial charge in [-0.2, -0.15) is 0 Å². The Morgan fingerprint density at radius 3 is 2.41 bits per heavy atom. The van der Waals surface area contributed by atoms with E-state index in [1.165, 1.54) is 5.57 Å². The molecular weight excluding hydrogens is 288 g/mol. The summed E-state index contributed by atoms with van der Waals surface area (Å²) in [6.07, 6.45) is -0.889. The van der Waals surface area contributed by atoms with E-state index in [0.717, 1.165) is 19.3 Å². The third-order valence-electron chi connectivity index (χ3n) is 3.95. The third-order valence-corrected chi connectivity index (χ3v) is 3.95. The summed E-state index contributed by atoms with van der Waals surface area (Å²) in [4.78, 5) is 0. The van der Waals surface area contributed by atoms with Crippen LogP contribution in [0.25, 0.3) is 0 Å². The van der Waals surface area contributed by atoms with Crippen molar-refractivity contribution in [3.05, 3.63) is 11.6 Å². The molecule has 0 aromatic rings. The van der Waals surface area contributed by atoms with Gasteiger partial charge in [-0.15, -0.1) is 0 Å². The zero-order valence-electron chi connectivity index (χ0n) is 13.7. The van der Waals surface area contributed by atoms with Crippen LogP contribution in [0, 0.1) is 5.92 Å². The van der Waals surface area contributed by atoms with Crippen molar-refractivity contribution in [1.82, 2.24) is 0 Å². The third kappa shape index (κ3) is 5.95. The van der Waals surface area contributed by atoms with E-state index < -0.39 is 37.3 Å². The summed E-state index contributed by atoms with van der Waals surface area (Å²) < 4.78 is 10.8. The van der Waals surface area contributed by atoms with Crippen molar-refractivity contribution < 1.29 is 29.9 Å². The second-order valence-corrected chi connectivity index (χ2v) is 6.32. The van der Waals surface area contributed by atoms with Crippen molar-refractivity contribution in [2.45, 2.75) is 70.7 Å². The van der Waals surface area contributed by atoms with Crippen LogP contribution < -0.4 is 0 Å². The Bertz CT molecular complexity index is 340. The van der Waals surface area contributed by atoms with E-state index in [1.54, 1.807) is 0 Å². The van der Waals surface area contributed by atoms with E-state index in [4.69, 9.17) is 14.6 Å². The van der Waals surface area contributed by atoms with Crippen molar-refractivity contribution in [2.24, 2.45) is 5.92 Å². The molecule has 1 saturated heterocycles. The lowest BCUT2D eigenvalue weighted by atomic mass is 9.99. The molecule has 1 rings (SSSR count). The monoisotopic (exact) mass is 318 g/mol. The topological polar surface area (TPSA) is 99.4 Å². The van der Waals surface area contributed by atoms with Crippen LogP contribution in [-0.4, -0.2) is 64.3 Å². The maximum absolute atomic E-state index is 9.84. The summed E-state index contributed by atoms with van der Waals surface area (Å²) >= 11 is 0. The molecule has 0 amide bonds. The molecule has 6 heteroatoms. The Hall–Kier alpha value is -0.500. The van der Waals surface area contributed by atoms with Gasteiger partial charge in [0.1, 0.15) is 24.4 Å². The van der Waals surface area contributed by atoms with Gasteiger partial charge in [-0.1, -0.05) is 18.6 Å². The fraction of sp³-hybridized carbons (Fsp3) is 0.875. The van der Waals surface area contributed by atoms with Gasteiger partial charge in [0.15, 0.2) is 6.29 Å². The highest BCUT2D eigenvalue weighted by atomic mass is 16.7. The van der Waals surface area contributed by atoms with Crippen molar-refractivity contribution in [3.63, 3.8) is 0 Å². The molecule has 1 aliphatic heterocycles. The molecule has 0 saturated carbocycles. The van der Waals surface area contributed by atoms with Crippen LogP contribution in [0.4, 0.5) is 0 Å². The molecule has 0 aromatic carbocycles. The summed E-state index contributed by atoms with van der Waals surface area (Å²) in [6.45, 7) is 6.23. The SMILES string of the molecule is CC(C)=CCC[C@@H](C)CCO[C@@H]1O[C@H](CO)[C@@H](O)[C@H](O)[C@H]1O. The van der Waals surface area contributed by atoms with Gasteiger partial charge in [-0.25, -0.2) is 0 Å². The number of rotatable bonds is 8. The number of aliphatic hydroxyl groups is 4. The molecule has 0 aliphatic carbocycles. The predicted molar refractivity (Wildman–Crippen MR) is 82.2 cm³/mol. The Kier molecular flexibility index (Phi) is 8.53. The quantitative estimate of drug-likeness (QED) is 0.489. The molecule has 22 heavy (non-hydrogen) atoms. The van der Waals surface area contributed by atoms with Gasteiger partial charge in [0.05, 0.1) is 13.2 Å². The van der Waals surface area contributed by atoms with Crippen molar-refractivity contribution in [2.75, 3.05) is 13.2 Å². The lowest BCUT2D eigenvalue weighted by Crippen LogP contribution is -2.59. The maximum Gasteiger partial charge on any atom is 0.186 e. The number of hydrogen-bond acceptors (Lipinski definition) is 6. The summed E-state index contributed by atoms with van der Waals surface area (Å²) in [5.41, 5.74) is 1.31. The fourth-order valence-corrected chi connectivity index (χ4v) is 2.39. The van der Waals surface area contributed by atoms with Gasteiger partial charge in [-0.3, -0.25) is 0 Å². The minimum atomic E-state index is -1.38. The number of ether oxygens (including phenoxy) is 2.